The lowest BCUT2D eigenvalue weighted by Crippen LogP contribution is -2.38. The number of halogens is 2. The number of carbonyl (C=O) groups is 1. The molecule has 0 unspecified atom stereocenters. The molecule has 0 bridgehead atoms. The van der Waals surface area contributed by atoms with E-state index in [1.807, 2.05) is 0 Å². The van der Waals surface area contributed by atoms with Gasteiger partial charge in [-0.25, -0.2) is 8.42 Å². The number of hydrogen-bond donors (Lipinski definition) is 1. The summed E-state index contributed by atoms with van der Waals surface area (Å²) in [4.78, 5) is 12.3. The van der Waals surface area contributed by atoms with Crippen LogP contribution in [0, 0.1) is 0 Å². The van der Waals surface area contributed by atoms with Crippen molar-refractivity contribution < 1.29 is 13.2 Å². The Hall–Kier alpha value is -1.86. The van der Waals surface area contributed by atoms with E-state index in [4.69, 9.17) is 23.2 Å². The minimum absolute atomic E-state index is 0.000994. The number of nitrogens with one attached hydrogen (secondary N) is 1. The number of hydrogen-bond acceptors (Lipinski definition) is 3. The first-order valence-electron chi connectivity index (χ1n) is 7.25. The third-order valence-electron chi connectivity index (χ3n) is 3.23. The van der Waals surface area contributed by atoms with Crippen molar-refractivity contribution in [3.8, 4) is 0 Å². The van der Waals surface area contributed by atoms with Gasteiger partial charge in [0.25, 0.3) is 0 Å². The van der Waals surface area contributed by atoms with E-state index in [1.54, 1.807) is 24.3 Å². The minimum atomic E-state index is -3.85. The molecule has 8 heteroatoms. The Morgan fingerprint density at radius 2 is 1.56 bits per heavy atom. The number of carbonyl (C=O) groups excluding carboxylic acids is 1. The van der Waals surface area contributed by atoms with Gasteiger partial charge in [-0.1, -0.05) is 29.3 Å². The molecule has 0 aliphatic rings. The van der Waals surface area contributed by atoms with Crippen molar-refractivity contribution in [1.82, 2.24) is 4.31 Å². The van der Waals surface area contributed by atoms with Gasteiger partial charge in [-0.3, -0.25) is 4.79 Å². The molecular weight excluding hydrogens is 383 g/mol. The topological polar surface area (TPSA) is 66.5 Å². The molecule has 0 fully saturated rings. The zero-order valence-electron chi connectivity index (χ0n) is 13.2. The van der Waals surface area contributed by atoms with Crippen molar-refractivity contribution in [3.63, 3.8) is 0 Å². The van der Waals surface area contributed by atoms with Crippen LogP contribution in [0.15, 0.2) is 66.1 Å². The molecule has 0 aromatic heterocycles. The molecule has 2 aromatic carbocycles. The number of sulfonamides is 1. The Labute approximate surface area is 156 Å². The molecule has 0 saturated carbocycles. The smallest absolute Gasteiger partial charge is 0.243 e. The summed E-state index contributed by atoms with van der Waals surface area (Å²) in [5.74, 6) is -0.471. The predicted molar refractivity (Wildman–Crippen MR) is 100 cm³/mol. The molecule has 0 aliphatic carbocycles. The van der Waals surface area contributed by atoms with Gasteiger partial charge < -0.3 is 5.32 Å². The summed E-state index contributed by atoms with van der Waals surface area (Å²) in [7, 11) is -3.85. The number of benzene rings is 2. The average molecular weight is 399 g/mol. The molecule has 2 rings (SSSR count). The van der Waals surface area contributed by atoms with Gasteiger partial charge in [0.05, 0.1) is 11.4 Å². The van der Waals surface area contributed by atoms with E-state index >= 15 is 0 Å². The molecule has 0 heterocycles. The lowest BCUT2D eigenvalue weighted by atomic mass is 10.3. The van der Waals surface area contributed by atoms with Crippen LogP contribution in [0.2, 0.25) is 10.0 Å². The van der Waals surface area contributed by atoms with Crippen LogP contribution in [0.4, 0.5) is 5.69 Å². The predicted octanol–water partition coefficient (Wildman–Crippen LogP) is 3.81. The maximum Gasteiger partial charge on any atom is 0.243 e. The second-order valence-corrected chi connectivity index (χ2v) is 7.91. The van der Waals surface area contributed by atoms with Crippen LogP contribution >= 0.6 is 23.2 Å². The van der Waals surface area contributed by atoms with Gasteiger partial charge in [0.1, 0.15) is 0 Å². The Morgan fingerprint density at radius 1 is 1.04 bits per heavy atom. The number of rotatable bonds is 7. The molecule has 132 valence electrons. The standard InChI is InChI=1S/C17H16Cl2N2O3S/c1-2-11-21(25(23,24)16-9-5-14(19)6-10-16)12-17(22)20-15-7-3-13(18)4-8-15/h2-10H,1,11-12H2,(H,20,22). The zero-order valence-corrected chi connectivity index (χ0v) is 15.5. The van der Waals surface area contributed by atoms with Gasteiger partial charge in [-0.2, -0.15) is 4.31 Å². The van der Waals surface area contributed by atoms with Gasteiger partial charge in [-0.05, 0) is 48.5 Å². The highest BCUT2D eigenvalue weighted by Crippen LogP contribution is 2.19. The summed E-state index contributed by atoms with van der Waals surface area (Å²) in [5.41, 5.74) is 0.525. The molecule has 0 spiro atoms. The van der Waals surface area contributed by atoms with Gasteiger partial charge in [0.2, 0.25) is 15.9 Å². The van der Waals surface area contributed by atoms with Gasteiger partial charge in [-0.15, -0.1) is 6.58 Å². The molecule has 0 aliphatic heterocycles. The monoisotopic (exact) mass is 398 g/mol. The maximum absolute atomic E-state index is 12.7. The van der Waals surface area contributed by atoms with Crippen LogP contribution in [0.25, 0.3) is 0 Å². The highest BCUT2D eigenvalue weighted by atomic mass is 35.5. The lowest BCUT2D eigenvalue weighted by Gasteiger charge is -2.20. The Morgan fingerprint density at radius 3 is 2.08 bits per heavy atom. The summed E-state index contributed by atoms with van der Waals surface area (Å²) in [6.45, 7) is 3.20. The Bertz CT molecular complexity index is 850. The quantitative estimate of drug-likeness (QED) is 0.720. The van der Waals surface area contributed by atoms with Crippen molar-refractivity contribution in [3.05, 3.63) is 71.2 Å². The van der Waals surface area contributed by atoms with E-state index in [9.17, 15) is 13.2 Å². The summed E-state index contributed by atoms with van der Waals surface area (Å²) in [5, 5.41) is 3.60. The molecular formula is C17H16Cl2N2O3S. The molecule has 25 heavy (non-hydrogen) atoms. The normalized spacial score (nSPS) is 11.3. The molecule has 2 aromatic rings. The van der Waals surface area contributed by atoms with Crippen LogP contribution < -0.4 is 5.32 Å². The first kappa shape index (κ1) is 19.5. The van der Waals surface area contributed by atoms with Gasteiger partial charge in [0.15, 0.2) is 0 Å². The van der Waals surface area contributed by atoms with Crippen molar-refractivity contribution in [2.45, 2.75) is 4.90 Å². The SMILES string of the molecule is C=CCN(CC(=O)Nc1ccc(Cl)cc1)S(=O)(=O)c1ccc(Cl)cc1. The van der Waals surface area contributed by atoms with E-state index in [0.717, 1.165) is 4.31 Å². The zero-order chi connectivity index (χ0) is 18.4. The second-order valence-electron chi connectivity index (χ2n) is 5.10. The van der Waals surface area contributed by atoms with Crippen molar-refractivity contribution in [2.75, 3.05) is 18.4 Å². The number of amides is 1. The van der Waals surface area contributed by atoms with Crippen LogP contribution in [0.1, 0.15) is 0 Å². The van der Waals surface area contributed by atoms with E-state index in [2.05, 4.69) is 11.9 Å². The highest BCUT2D eigenvalue weighted by Gasteiger charge is 2.25. The molecule has 0 atom stereocenters. The van der Waals surface area contributed by atoms with E-state index < -0.39 is 15.9 Å². The highest BCUT2D eigenvalue weighted by molar-refractivity contribution is 7.89. The van der Waals surface area contributed by atoms with Crippen molar-refractivity contribution >= 4 is 44.8 Å². The third kappa shape index (κ3) is 5.31. The molecule has 0 saturated heterocycles. The largest absolute Gasteiger partial charge is 0.325 e. The lowest BCUT2D eigenvalue weighted by molar-refractivity contribution is -0.116. The van der Waals surface area contributed by atoms with Crippen LogP contribution in [-0.2, 0) is 14.8 Å². The summed E-state index contributed by atoms with van der Waals surface area (Å²) >= 11 is 11.6. The van der Waals surface area contributed by atoms with E-state index in [1.165, 1.54) is 30.3 Å². The fourth-order valence-corrected chi connectivity index (χ4v) is 3.66. The molecule has 5 nitrogen and oxygen atoms in total. The molecule has 1 amide bonds. The summed E-state index contributed by atoms with van der Waals surface area (Å²) in [6, 6.07) is 12.3. The fraction of sp³-hybridized carbons (Fsp3) is 0.118. The van der Waals surface area contributed by atoms with Gasteiger partial charge >= 0.3 is 0 Å². The molecule has 0 radical (unpaired) electrons. The first-order valence-corrected chi connectivity index (χ1v) is 9.44. The van der Waals surface area contributed by atoms with Crippen LogP contribution in [-0.4, -0.2) is 31.7 Å². The second kappa shape index (κ2) is 8.49. The molecule has 1 N–H and O–H groups in total. The third-order valence-corrected chi connectivity index (χ3v) is 5.56. The van der Waals surface area contributed by atoms with Gasteiger partial charge in [0, 0.05) is 22.3 Å². The van der Waals surface area contributed by atoms with Crippen molar-refractivity contribution in [2.24, 2.45) is 0 Å². The van der Waals surface area contributed by atoms with E-state index in [0.29, 0.717) is 15.7 Å². The van der Waals surface area contributed by atoms with Crippen molar-refractivity contribution in [1.29, 1.82) is 0 Å². The van der Waals surface area contributed by atoms with Crippen LogP contribution in [0.3, 0.4) is 0 Å². The minimum Gasteiger partial charge on any atom is -0.325 e. The number of anilines is 1. The van der Waals surface area contributed by atoms with E-state index in [-0.39, 0.29) is 18.0 Å². The maximum atomic E-state index is 12.7. The summed E-state index contributed by atoms with van der Waals surface area (Å²) < 4.78 is 26.4. The number of nitrogens with zero attached hydrogens (tertiary/aromatic N) is 1. The first-order chi connectivity index (χ1) is 11.8. The summed E-state index contributed by atoms with van der Waals surface area (Å²) in [6.07, 6.45) is 1.42. The fourth-order valence-electron chi connectivity index (χ4n) is 2.04. The Balaban J connectivity index is 2.16. The average Bonchev–Trinajstić information content (AvgIpc) is 2.57. The van der Waals surface area contributed by atoms with Crippen LogP contribution in [0.5, 0.6) is 0 Å². The Kier molecular flexibility index (Phi) is 6.61.